The third-order valence-corrected chi connectivity index (χ3v) is 4.70. The van der Waals surface area contributed by atoms with Crippen molar-refractivity contribution in [3.8, 4) is 0 Å². The lowest BCUT2D eigenvalue weighted by Crippen LogP contribution is -2.46. The molecule has 130 valence electrons. The molecule has 3 rings (SSSR count). The summed E-state index contributed by atoms with van der Waals surface area (Å²) in [5.74, 6) is -0.0462. The van der Waals surface area contributed by atoms with Crippen molar-refractivity contribution in [3.05, 3.63) is 12.1 Å². The predicted octanol–water partition coefficient (Wildman–Crippen LogP) is -1.46. The second-order valence-corrected chi connectivity index (χ2v) is 6.23. The molecular weight excluding hydrogens is 312 g/mol. The highest BCUT2D eigenvalue weighted by Gasteiger charge is 2.38. The standard InChI is InChI=1S/C15H22N6O3/c16-8-3-4-11(21-7-5-10(22)12(21)14(18)24)19-15(8)20-6-1-2-9(20)13(17)23/h3-4,9-10,12,22H,1-2,5-7,16H2,(H2,17,23)(H2,18,24). The van der Waals surface area contributed by atoms with Gasteiger partial charge in [-0.2, -0.15) is 0 Å². The smallest absolute Gasteiger partial charge is 0.242 e. The molecule has 1 aromatic heterocycles. The van der Waals surface area contributed by atoms with Crippen molar-refractivity contribution in [3.63, 3.8) is 0 Å². The van der Waals surface area contributed by atoms with Gasteiger partial charge in [0.05, 0.1) is 11.8 Å². The Kier molecular flexibility index (Phi) is 4.18. The van der Waals surface area contributed by atoms with E-state index in [4.69, 9.17) is 17.2 Å². The van der Waals surface area contributed by atoms with Crippen molar-refractivity contribution in [2.75, 3.05) is 28.6 Å². The number of anilines is 3. The van der Waals surface area contributed by atoms with Gasteiger partial charge in [0.2, 0.25) is 11.8 Å². The van der Waals surface area contributed by atoms with E-state index in [2.05, 4.69) is 4.98 Å². The number of rotatable bonds is 4. The van der Waals surface area contributed by atoms with E-state index in [-0.39, 0.29) is 0 Å². The highest BCUT2D eigenvalue weighted by Crippen LogP contribution is 2.32. The van der Waals surface area contributed by atoms with E-state index >= 15 is 0 Å². The highest BCUT2D eigenvalue weighted by atomic mass is 16.3. The van der Waals surface area contributed by atoms with E-state index in [0.29, 0.717) is 43.3 Å². The van der Waals surface area contributed by atoms with Crippen molar-refractivity contribution < 1.29 is 14.7 Å². The molecule has 0 aliphatic carbocycles. The Labute approximate surface area is 139 Å². The number of nitrogens with two attached hydrogens (primary N) is 3. The molecule has 3 unspecified atom stereocenters. The van der Waals surface area contributed by atoms with Gasteiger partial charge in [0.1, 0.15) is 17.9 Å². The first kappa shape index (κ1) is 16.3. The molecule has 0 spiro atoms. The van der Waals surface area contributed by atoms with E-state index in [1.165, 1.54) is 0 Å². The summed E-state index contributed by atoms with van der Waals surface area (Å²) in [6.45, 7) is 1.10. The minimum atomic E-state index is -0.824. The van der Waals surface area contributed by atoms with E-state index in [1.54, 1.807) is 21.9 Å². The van der Waals surface area contributed by atoms with Gasteiger partial charge in [-0.3, -0.25) is 9.59 Å². The van der Waals surface area contributed by atoms with E-state index in [9.17, 15) is 14.7 Å². The van der Waals surface area contributed by atoms with Crippen LogP contribution in [-0.2, 0) is 9.59 Å². The van der Waals surface area contributed by atoms with Crippen molar-refractivity contribution in [2.45, 2.75) is 37.5 Å². The largest absolute Gasteiger partial charge is 0.396 e. The maximum atomic E-state index is 11.6. The Hall–Kier alpha value is -2.55. The van der Waals surface area contributed by atoms with Gasteiger partial charge >= 0.3 is 0 Å². The topological polar surface area (TPSA) is 152 Å². The van der Waals surface area contributed by atoms with Crippen molar-refractivity contribution in [1.29, 1.82) is 0 Å². The predicted molar refractivity (Wildman–Crippen MR) is 89.2 cm³/mol. The number of aliphatic hydroxyl groups excluding tert-OH is 1. The molecule has 3 atom stereocenters. The summed E-state index contributed by atoms with van der Waals surface area (Å²) >= 11 is 0. The average Bonchev–Trinajstić information content (AvgIpc) is 3.14. The van der Waals surface area contributed by atoms with E-state index in [1.807, 2.05) is 0 Å². The summed E-state index contributed by atoms with van der Waals surface area (Å²) in [6, 6.07) is 2.10. The Morgan fingerprint density at radius 1 is 1.12 bits per heavy atom. The summed E-state index contributed by atoms with van der Waals surface area (Å²) in [7, 11) is 0. The van der Waals surface area contributed by atoms with Crippen LogP contribution in [0.5, 0.6) is 0 Å². The number of hydrogen-bond acceptors (Lipinski definition) is 7. The number of carbonyl (C=O) groups is 2. The van der Waals surface area contributed by atoms with Gasteiger partial charge in [-0.1, -0.05) is 0 Å². The Bertz CT molecular complexity index is 667. The second kappa shape index (κ2) is 6.16. The van der Waals surface area contributed by atoms with Crippen LogP contribution in [0.3, 0.4) is 0 Å². The van der Waals surface area contributed by atoms with Gasteiger partial charge in [0.15, 0.2) is 5.82 Å². The zero-order valence-electron chi connectivity index (χ0n) is 13.3. The lowest BCUT2D eigenvalue weighted by molar-refractivity contribution is -0.121. The lowest BCUT2D eigenvalue weighted by Gasteiger charge is -2.28. The average molecular weight is 334 g/mol. The molecule has 2 saturated heterocycles. The minimum absolute atomic E-state index is 0.411. The van der Waals surface area contributed by atoms with Gasteiger partial charge in [-0.05, 0) is 31.4 Å². The second-order valence-electron chi connectivity index (χ2n) is 6.23. The molecule has 1 aromatic rings. The number of primary amides is 2. The molecule has 7 N–H and O–H groups in total. The Morgan fingerprint density at radius 2 is 1.88 bits per heavy atom. The third-order valence-electron chi connectivity index (χ3n) is 4.70. The summed E-state index contributed by atoms with van der Waals surface area (Å²) in [6.07, 6.45) is 1.09. The molecule has 9 heteroatoms. The van der Waals surface area contributed by atoms with Gasteiger partial charge in [-0.15, -0.1) is 0 Å². The van der Waals surface area contributed by atoms with Crippen LogP contribution in [0.1, 0.15) is 19.3 Å². The number of nitrogen functional groups attached to an aromatic ring is 1. The van der Waals surface area contributed by atoms with Crippen LogP contribution in [0.15, 0.2) is 12.1 Å². The van der Waals surface area contributed by atoms with Crippen LogP contribution in [0.2, 0.25) is 0 Å². The number of pyridine rings is 1. The number of carbonyl (C=O) groups excluding carboxylic acids is 2. The first-order valence-corrected chi connectivity index (χ1v) is 7.96. The van der Waals surface area contributed by atoms with Crippen LogP contribution in [0.4, 0.5) is 17.3 Å². The molecule has 0 saturated carbocycles. The molecule has 0 aromatic carbocycles. The number of aromatic nitrogens is 1. The van der Waals surface area contributed by atoms with E-state index in [0.717, 1.165) is 6.42 Å². The Morgan fingerprint density at radius 3 is 2.54 bits per heavy atom. The third kappa shape index (κ3) is 2.71. The molecule has 24 heavy (non-hydrogen) atoms. The maximum Gasteiger partial charge on any atom is 0.242 e. The number of hydrogen-bond donors (Lipinski definition) is 4. The summed E-state index contributed by atoms with van der Waals surface area (Å²) in [4.78, 5) is 31.3. The monoisotopic (exact) mass is 334 g/mol. The van der Waals surface area contributed by atoms with Crippen LogP contribution < -0.4 is 27.0 Å². The summed E-state index contributed by atoms with van der Waals surface area (Å²) < 4.78 is 0. The molecule has 2 amide bonds. The molecule has 2 fully saturated rings. The molecule has 3 heterocycles. The molecule has 0 radical (unpaired) electrons. The first-order chi connectivity index (χ1) is 11.4. The van der Waals surface area contributed by atoms with Crippen LogP contribution >= 0.6 is 0 Å². The fourth-order valence-corrected chi connectivity index (χ4v) is 3.53. The number of aliphatic hydroxyl groups is 1. The summed E-state index contributed by atoms with van der Waals surface area (Å²) in [5, 5.41) is 9.97. The molecule has 2 aliphatic heterocycles. The molecular formula is C15H22N6O3. The molecule has 2 aliphatic rings. The fourth-order valence-electron chi connectivity index (χ4n) is 3.53. The number of nitrogens with zero attached hydrogens (tertiary/aromatic N) is 3. The quantitative estimate of drug-likeness (QED) is 0.525. The number of amides is 2. The maximum absolute atomic E-state index is 11.6. The highest BCUT2D eigenvalue weighted by molar-refractivity contribution is 5.86. The molecule has 9 nitrogen and oxygen atoms in total. The van der Waals surface area contributed by atoms with Crippen LogP contribution in [0.25, 0.3) is 0 Å². The minimum Gasteiger partial charge on any atom is -0.396 e. The van der Waals surface area contributed by atoms with Crippen molar-refractivity contribution in [2.24, 2.45) is 11.5 Å². The van der Waals surface area contributed by atoms with Crippen molar-refractivity contribution in [1.82, 2.24) is 4.98 Å². The van der Waals surface area contributed by atoms with E-state index < -0.39 is 30.0 Å². The van der Waals surface area contributed by atoms with Gasteiger partial charge in [0.25, 0.3) is 0 Å². The Balaban J connectivity index is 1.95. The summed E-state index contributed by atoms with van der Waals surface area (Å²) in [5.41, 5.74) is 17.3. The van der Waals surface area contributed by atoms with Crippen LogP contribution in [0, 0.1) is 0 Å². The van der Waals surface area contributed by atoms with Gasteiger partial charge in [-0.25, -0.2) is 4.98 Å². The molecule has 0 bridgehead atoms. The zero-order valence-corrected chi connectivity index (χ0v) is 13.3. The van der Waals surface area contributed by atoms with Gasteiger partial charge < -0.3 is 32.1 Å². The lowest BCUT2D eigenvalue weighted by atomic mass is 10.1. The normalized spacial score (nSPS) is 26.8. The fraction of sp³-hybridized carbons (Fsp3) is 0.533. The van der Waals surface area contributed by atoms with Gasteiger partial charge in [0, 0.05) is 13.1 Å². The zero-order chi connectivity index (χ0) is 17.4. The first-order valence-electron chi connectivity index (χ1n) is 7.96. The SMILES string of the molecule is NC(=O)C1CCCN1c1nc(N2CCC(O)C2C(N)=O)ccc1N. The van der Waals surface area contributed by atoms with Crippen LogP contribution in [-0.4, -0.2) is 53.2 Å². The van der Waals surface area contributed by atoms with Crippen molar-refractivity contribution >= 4 is 29.1 Å².